The van der Waals surface area contributed by atoms with Gasteiger partial charge < -0.3 is 14.5 Å². The summed E-state index contributed by atoms with van der Waals surface area (Å²) in [6.07, 6.45) is 3.06. The number of aromatic nitrogens is 2. The van der Waals surface area contributed by atoms with E-state index in [1.807, 2.05) is 25.3 Å². The fourth-order valence-electron chi connectivity index (χ4n) is 3.81. The normalized spacial score (nSPS) is 11.2. The zero-order valence-corrected chi connectivity index (χ0v) is 17.1. The van der Waals surface area contributed by atoms with Crippen molar-refractivity contribution in [2.24, 2.45) is 0 Å². The van der Waals surface area contributed by atoms with Crippen molar-refractivity contribution in [2.45, 2.75) is 26.7 Å². The molecule has 148 valence electrons. The Kier molecular flexibility index (Phi) is 4.97. The number of hydrogen-bond donors (Lipinski definition) is 1. The van der Waals surface area contributed by atoms with Crippen LogP contribution in [0.15, 0.2) is 47.4 Å². The second-order valence-corrected chi connectivity index (χ2v) is 7.23. The van der Waals surface area contributed by atoms with E-state index in [1.165, 1.54) is 5.56 Å². The highest BCUT2D eigenvalue weighted by Crippen LogP contribution is 2.34. The maximum absolute atomic E-state index is 12.9. The van der Waals surface area contributed by atoms with Crippen LogP contribution in [0.1, 0.15) is 29.3 Å². The Morgan fingerprint density at radius 1 is 1.00 bits per heavy atom. The van der Waals surface area contributed by atoms with Gasteiger partial charge in [0.15, 0.2) is 11.5 Å². The number of nitrogens with zero attached hydrogens (tertiary/aromatic N) is 1. The van der Waals surface area contributed by atoms with Crippen LogP contribution in [0.2, 0.25) is 0 Å². The molecule has 4 aromatic rings. The Labute approximate surface area is 169 Å². The van der Waals surface area contributed by atoms with Gasteiger partial charge >= 0.3 is 0 Å². The summed E-state index contributed by atoms with van der Waals surface area (Å²) in [4.78, 5) is 20.6. The third-order valence-corrected chi connectivity index (χ3v) is 5.34. The van der Waals surface area contributed by atoms with Gasteiger partial charge in [0.25, 0.3) is 5.56 Å². The van der Waals surface area contributed by atoms with E-state index in [2.05, 4.69) is 41.2 Å². The second kappa shape index (κ2) is 7.59. The van der Waals surface area contributed by atoms with Crippen LogP contribution in [-0.2, 0) is 12.8 Å². The maximum atomic E-state index is 12.9. The van der Waals surface area contributed by atoms with Gasteiger partial charge in [-0.25, -0.2) is 0 Å². The van der Waals surface area contributed by atoms with Crippen LogP contribution in [-0.4, -0.2) is 24.2 Å². The van der Waals surface area contributed by atoms with E-state index in [1.54, 1.807) is 14.2 Å². The van der Waals surface area contributed by atoms with Crippen molar-refractivity contribution < 1.29 is 9.47 Å². The smallest absolute Gasteiger partial charge is 0.252 e. The minimum atomic E-state index is -0.0782. The third-order valence-electron chi connectivity index (χ3n) is 5.34. The average molecular weight is 388 g/mol. The van der Waals surface area contributed by atoms with Gasteiger partial charge in [0.1, 0.15) is 0 Å². The number of benzene rings is 2. The Morgan fingerprint density at radius 2 is 1.72 bits per heavy atom. The number of pyridine rings is 2. The van der Waals surface area contributed by atoms with Gasteiger partial charge in [0.2, 0.25) is 0 Å². The fraction of sp³-hybridized carbons (Fsp3) is 0.250. The molecule has 1 N–H and O–H groups in total. The number of fused-ring (bicyclic) bond motifs is 2. The Bertz CT molecular complexity index is 1270. The van der Waals surface area contributed by atoms with Crippen LogP contribution in [0.25, 0.3) is 21.7 Å². The zero-order valence-electron chi connectivity index (χ0n) is 17.1. The zero-order chi connectivity index (χ0) is 20.5. The topological polar surface area (TPSA) is 64.2 Å². The van der Waals surface area contributed by atoms with Crippen molar-refractivity contribution in [1.82, 2.24) is 9.97 Å². The molecule has 0 spiro atoms. The number of nitrogens with one attached hydrogen (secondary N) is 1. The molecule has 5 heteroatoms. The molecule has 4 rings (SSSR count). The summed E-state index contributed by atoms with van der Waals surface area (Å²) in [5.41, 5.74) is 4.64. The minimum absolute atomic E-state index is 0.0782. The third kappa shape index (κ3) is 3.44. The lowest BCUT2D eigenvalue weighted by molar-refractivity contribution is 0.356. The molecule has 0 aliphatic heterocycles. The predicted molar refractivity (Wildman–Crippen MR) is 116 cm³/mol. The van der Waals surface area contributed by atoms with Gasteiger partial charge in [-0.2, -0.15) is 0 Å². The first kappa shape index (κ1) is 19.0. The molecule has 0 amide bonds. The second-order valence-electron chi connectivity index (χ2n) is 7.23. The number of aryl methyl sites for hydroxylation is 2. The van der Waals surface area contributed by atoms with Crippen molar-refractivity contribution in [3.05, 3.63) is 75.3 Å². The Balaban J connectivity index is 1.89. The molecule has 0 saturated carbocycles. The van der Waals surface area contributed by atoms with Crippen molar-refractivity contribution in [2.75, 3.05) is 14.2 Å². The Morgan fingerprint density at radius 3 is 2.41 bits per heavy atom. The van der Waals surface area contributed by atoms with Gasteiger partial charge in [-0.05, 0) is 54.1 Å². The summed E-state index contributed by atoms with van der Waals surface area (Å²) in [6.45, 7) is 4.08. The standard InChI is InChI=1S/C24H24N2O3/c1-5-20-18-12-23(29-4)22(28-3)11-17(18)19(24(27)26-20)10-15-9-16-7-6-14(2)8-21(16)25-13-15/h6-9,11-13H,5,10H2,1-4H3,(H,26,27). The number of hydrogen-bond acceptors (Lipinski definition) is 4. The molecule has 2 heterocycles. The van der Waals surface area contributed by atoms with Gasteiger partial charge in [0, 0.05) is 34.6 Å². The molecule has 0 aliphatic carbocycles. The van der Waals surface area contributed by atoms with Gasteiger partial charge in [-0.1, -0.05) is 19.1 Å². The molecule has 0 saturated heterocycles. The molecule has 0 unspecified atom stereocenters. The van der Waals surface area contributed by atoms with Crippen molar-refractivity contribution >= 4 is 21.7 Å². The fourth-order valence-corrected chi connectivity index (χ4v) is 3.81. The van der Waals surface area contributed by atoms with Crippen LogP contribution in [0.4, 0.5) is 0 Å². The van der Waals surface area contributed by atoms with Crippen molar-refractivity contribution in [3.63, 3.8) is 0 Å². The monoisotopic (exact) mass is 388 g/mol. The first-order valence-electron chi connectivity index (χ1n) is 9.69. The molecule has 0 aliphatic rings. The number of aromatic amines is 1. The number of H-pyrrole nitrogens is 1. The molecule has 0 fully saturated rings. The van der Waals surface area contributed by atoms with Crippen LogP contribution in [0.3, 0.4) is 0 Å². The first-order chi connectivity index (χ1) is 14.0. The molecule has 29 heavy (non-hydrogen) atoms. The summed E-state index contributed by atoms with van der Waals surface area (Å²) < 4.78 is 10.9. The highest BCUT2D eigenvalue weighted by molar-refractivity contribution is 5.91. The van der Waals surface area contributed by atoms with Gasteiger partial charge in [-0.3, -0.25) is 9.78 Å². The summed E-state index contributed by atoms with van der Waals surface area (Å²) in [7, 11) is 3.22. The number of rotatable bonds is 5. The van der Waals surface area contributed by atoms with E-state index in [0.29, 0.717) is 23.5 Å². The van der Waals surface area contributed by atoms with Crippen molar-refractivity contribution in [3.8, 4) is 11.5 Å². The van der Waals surface area contributed by atoms with Crippen molar-refractivity contribution in [1.29, 1.82) is 0 Å². The van der Waals surface area contributed by atoms with Gasteiger partial charge in [0.05, 0.1) is 19.7 Å². The maximum Gasteiger partial charge on any atom is 0.252 e. The SMILES string of the molecule is CCc1[nH]c(=O)c(Cc2cnc3cc(C)ccc3c2)c2cc(OC)c(OC)cc12. The van der Waals surface area contributed by atoms with Gasteiger partial charge in [-0.15, -0.1) is 0 Å². The van der Waals surface area contributed by atoms with Crippen LogP contribution in [0.5, 0.6) is 11.5 Å². The lowest BCUT2D eigenvalue weighted by atomic mass is 9.97. The lowest BCUT2D eigenvalue weighted by Gasteiger charge is -2.14. The summed E-state index contributed by atoms with van der Waals surface area (Å²) in [5.74, 6) is 1.26. The summed E-state index contributed by atoms with van der Waals surface area (Å²) in [6, 6.07) is 12.1. The molecule has 2 aromatic heterocycles. The molecular weight excluding hydrogens is 364 g/mol. The van der Waals surface area contributed by atoms with E-state index in [0.717, 1.165) is 39.4 Å². The minimum Gasteiger partial charge on any atom is -0.493 e. The number of ether oxygens (including phenoxy) is 2. The first-order valence-corrected chi connectivity index (χ1v) is 9.69. The van der Waals surface area contributed by atoms with Crippen LogP contribution in [0, 0.1) is 6.92 Å². The molecule has 0 atom stereocenters. The summed E-state index contributed by atoms with van der Waals surface area (Å²) >= 11 is 0. The van der Waals surface area contributed by atoms with E-state index in [9.17, 15) is 4.79 Å². The quantitative estimate of drug-likeness (QED) is 0.545. The van der Waals surface area contributed by atoms with E-state index in [-0.39, 0.29) is 5.56 Å². The largest absolute Gasteiger partial charge is 0.493 e. The molecule has 5 nitrogen and oxygen atoms in total. The van der Waals surface area contributed by atoms with E-state index in [4.69, 9.17) is 9.47 Å². The van der Waals surface area contributed by atoms with E-state index < -0.39 is 0 Å². The molecular formula is C24H24N2O3. The van der Waals surface area contributed by atoms with E-state index >= 15 is 0 Å². The van der Waals surface area contributed by atoms with Crippen LogP contribution >= 0.6 is 0 Å². The molecule has 2 aromatic carbocycles. The summed E-state index contributed by atoms with van der Waals surface area (Å²) in [5, 5.41) is 2.93. The molecule has 0 radical (unpaired) electrons. The van der Waals surface area contributed by atoms with Crippen LogP contribution < -0.4 is 15.0 Å². The highest BCUT2D eigenvalue weighted by atomic mass is 16.5. The Hall–Kier alpha value is -3.34. The molecule has 0 bridgehead atoms. The predicted octanol–water partition coefficient (Wildman–Crippen LogP) is 4.56. The lowest BCUT2D eigenvalue weighted by Crippen LogP contribution is -2.16. The number of methoxy groups -OCH3 is 2. The average Bonchev–Trinajstić information content (AvgIpc) is 2.74. The highest BCUT2D eigenvalue weighted by Gasteiger charge is 2.16.